The zero-order chi connectivity index (χ0) is 26.0. The number of hydrogen-bond acceptors (Lipinski definition) is 5. The number of anilines is 1. The van der Waals surface area contributed by atoms with Crippen LogP contribution in [0.1, 0.15) is 43.4 Å². The van der Waals surface area contributed by atoms with Gasteiger partial charge in [0.1, 0.15) is 0 Å². The molecule has 1 aromatic heterocycles. The molecule has 1 aliphatic rings. The van der Waals surface area contributed by atoms with Crippen LogP contribution in [0.5, 0.6) is 5.88 Å². The highest BCUT2D eigenvalue weighted by Crippen LogP contribution is 2.35. The number of sulfonamides is 1. The van der Waals surface area contributed by atoms with E-state index in [9.17, 15) is 13.5 Å². The fourth-order valence-electron chi connectivity index (χ4n) is 4.48. The van der Waals surface area contributed by atoms with Crippen LogP contribution in [0.2, 0.25) is 0 Å². The van der Waals surface area contributed by atoms with Crippen LogP contribution in [0, 0.1) is 0 Å². The Bertz CT molecular complexity index is 1520. The van der Waals surface area contributed by atoms with Crippen molar-refractivity contribution in [3.63, 3.8) is 0 Å². The molecule has 7 nitrogen and oxygen atoms in total. The molecule has 37 heavy (non-hydrogen) atoms. The number of aromatic hydroxyl groups is 1. The van der Waals surface area contributed by atoms with Gasteiger partial charge in [0, 0.05) is 28.7 Å². The van der Waals surface area contributed by atoms with Gasteiger partial charge in [-0.3, -0.25) is 9.62 Å². The molecule has 0 radical (unpaired) electrons. The van der Waals surface area contributed by atoms with Gasteiger partial charge in [0.15, 0.2) is 5.88 Å². The number of nitrogens with one attached hydrogen (secondary N) is 2. The van der Waals surface area contributed by atoms with Crippen LogP contribution in [0.4, 0.5) is 11.4 Å². The maximum Gasteiger partial charge on any atom is 0.235 e. The highest BCUT2D eigenvalue weighted by atomic mass is 32.2. The Morgan fingerprint density at radius 1 is 1.03 bits per heavy atom. The molecule has 0 atom stereocenters. The van der Waals surface area contributed by atoms with Crippen molar-refractivity contribution in [2.45, 2.75) is 38.5 Å². The lowest BCUT2D eigenvalue weighted by Crippen LogP contribution is -2.21. The Hall–Kier alpha value is -3.62. The maximum atomic E-state index is 12.5. The Morgan fingerprint density at radius 3 is 2.38 bits per heavy atom. The second-order valence-corrected chi connectivity index (χ2v) is 11.4. The minimum absolute atomic E-state index is 0.0158. The van der Waals surface area contributed by atoms with Crippen molar-refractivity contribution in [2.75, 3.05) is 17.8 Å². The second-order valence-electron chi connectivity index (χ2n) is 9.41. The first-order valence-corrected chi connectivity index (χ1v) is 14.2. The van der Waals surface area contributed by atoms with E-state index in [0.717, 1.165) is 30.9 Å². The smallest absolute Gasteiger partial charge is 0.235 e. The zero-order valence-corrected chi connectivity index (χ0v) is 21.9. The summed E-state index contributed by atoms with van der Waals surface area (Å²) in [6, 6.07) is 23.1. The number of aromatic nitrogens is 1. The predicted molar refractivity (Wildman–Crippen MR) is 150 cm³/mol. The average molecular weight is 517 g/mol. The number of fused-ring (bicyclic) bond motifs is 1. The van der Waals surface area contributed by atoms with Gasteiger partial charge in [-0.05, 0) is 61.8 Å². The van der Waals surface area contributed by atoms with Crippen molar-refractivity contribution in [3.8, 4) is 5.88 Å². The lowest BCUT2D eigenvalue weighted by Gasteiger charge is -2.17. The Labute approximate surface area is 217 Å². The zero-order valence-electron chi connectivity index (χ0n) is 21.1. The normalized spacial score (nSPS) is 14.4. The third-order valence-electron chi connectivity index (χ3n) is 6.76. The van der Waals surface area contributed by atoms with E-state index in [1.54, 1.807) is 18.2 Å². The number of nitrogens with zero attached hydrogens (tertiary/aromatic N) is 2. The van der Waals surface area contributed by atoms with Crippen molar-refractivity contribution in [2.24, 2.45) is 4.99 Å². The summed E-state index contributed by atoms with van der Waals surface area (Å²) in [6.07, 6.45) is 1.37. The van der Waals surface area contributed by atoms with Crippen LogP contribution in [0.3, 0.4) is 0 Å². The van der Waals surface area contributed by atoms with E-state index in [4.69, 9.17) is 4.99 Å². The molecule has 0 spiro atoms. The van der Waals surface area contributed by atoms with Gasteiger partial charge >= 0.3 is 0 Å². The Kier molecular flexibility index (Phi) is 7.04. The summed E-state index contributed by atoms with van der Waals surface area (Å²) in [4.78, 5) is 10.3. The molecule has 1 aliphatic carbocycles. The van der Waals surface area contributed by atoms with Crippen molar-refractivity contribution >= 4 is 38.0 Å². The first kappa shape index (κ1) is 25.0. The number of benzene rings is 3. The third kappa shape index (κ3) is 5.55. The molecule has 8 heteroatoms. The molecular formula is C29H32N4O3S. The standard InChI is InChI=1S/C29H32N4O3S/c1-3-33(4-2)19-20-10-12-22(13-11-20)30-28(21-8-6-5-7-9-21)27-25-18-23(14-17-26(25)31-29(27)34)32-37(35,36)24-15-16-24/h5-14,17-18,24,31-32,34H,3-4,15-16,19H2,1-2H3. The van der Waals surface area contributed by atoms with E-state index in [0.29, 0.717) is 40.7 Å². The van der Waals surface area contributed by atoms with E-state index >= 15 is 0 Å². The highest BCUT2D eigenvalue weighted by molar-refractivity contribution is 7.93. The van der Waals surface area contributed by atoms with Crippen molar-refractivity contribution in [1.82, 2.24) is 9.88 Å². The van der Waals surface area contributed by atoms with Crippen molar-refractivity contribution in [1.29, 1.82) is 0 Å². The minimum atomic E-state index is -3.41. The summed E-state index contributed by atoms with van der Waals surface area (Å²) >= 11 is 0. The number of hydrogen-bond donors (Lipinski definition) is 3. The van der Waals surface area contributed by atoms with Crippen LogP contribution in [-0.2, 0) is 16.6 Å². The van der Waals surface area contributed by atoms with Crippen molar-refractivity contribution in [3.05, 3.63) is 89.5 Å². The first-order chi connectivity index (χ1) is 17.9. The topological polar surface area (TPSA) is 97.8 Å². The molecular weight excluding hydrogens is 484 g/mol. The van der Waals surface area contributed by atoms with E-state index in [-0.39, 0.29) is 11.1 Å². The molecule has 5 rings (SSSR count). The summed E-state index contributed by atoms with van der Waals surface area (Å²) in [5.74, 6) is -0.0158. The summed E-state index contributed by atoms with van der Waals surface area (Å²) in [7, 11) is -3.41. The molecule has 0 aliphatic heterocycles. The maximum absolute atomic E-state index is 12.5. The molecule has 1 heterocycles. The second kappa shape index (κ2) is 10.4. The lowest BCUT2D eigenvalue weighted by molar-refractivity contribution is 0.296. The van der Waals surface area contributed by atoms with Gasteiger partial charge in [-0.15, -0.1) is 0 Å². The molecule has 0 bridgehead atoms. The lowest BCUT2D eigenvalue weighted by atomic mass is 10.0. The molecule has 0 saturated heterocycles. The molecule has 0 unspecified atom stereocenters. The van der Waals surface area contributed by atoms with Gasteiger partial charge in [-0.25, -0.2) is 13.4 Å². The van der Waals surface area contributed by atoms with E-state index < -0.39 is 10.0 Å². The fourth-order valence-corrected chi connectivity index (χ4v) is 5.86. The van der Waals surface area contributed by atoms with Gasteiger partial charge < -0.3 is 10.1 Å². The van der Waals surface area contributed by atoms with E-state index in [1.165, 1.54) is 5.56 Å². The number of rotatable bonds is 10. The Balaban J connectivity index is 1.57. The van der Waals surface area contributed by atoms with Crippen LogP contribution >= 0.6 is 0 Å². The SMILES string of the molecule is CCN(CC)Cc1ccc(N=C(c2ccccc2)c2c(O)[nH]c3ccc(NS(=O)(=O)C4CC4)cc23)cc1. The number of H-pyrrole nitrogens is 1. The van der Waals surface area contributed by atoms with Crippen LogP contribution in [0.15, 0.2) is 77.8 Å². The van der Waals surface area contributed by atoms with Crippen LogP contribution in [-0.4, -0.2) is 47.5 Å². The van der Waals surface area contributed by atoms with Crippen LogP contribution in [0.25, 0.3) is 10.9 Å². The van der Waals surface area contributed by atoms with E-state index in [2.05, 4.69) is 40.6 Å². The number of aromatic amines is 1. The van der Waals surface area contributed by atoms with Gasteiger partial charge in [-0.1, -0.05) is 56.3 Å². The molecule has 1 fully saturated rings. The molecule has 3 aromatic carbocycles. The molecule has 1 saturated carbocycles. The summed E-state index contributed by atoms with van der Waals surface area (Å²) in [5.41, 5.74) is 5.11. The van der Waals surface area contributed by atoms with Gasteiger partial charge in [-0.2, -0.15) is 0 Å². The quantitative estimate of drug-likeness (QED) is 0.232. The third-order valence-corrected chi connectivity index (χ3v) is 8.63. The number of aliphatic imine (C=N–C) groups is 1. The summed E-state index contributed by atoms with van der Waals surface area (Å²) in [6.45, 7) is 7.18. The molecule has 0 amide bonds. The Morgan fingerprint density at radius 2 is 1.73 bits per heavy atom. The van der Waals surface area contributed by atoms with Gasteiger partial charge in [0.05, 0.1) is 22.2 Å². The van der Waals surface area contributed by atoms with Crippen molar-refractivity contribution < 1.29 is 13.5 Å². The first-order valence-electron chi connectivity index (χ1n) is 12.7. The molecule has 192 valence electrons. The van der Waals surface area contributed by atoms with Gasteiger partial charge in [0.2, 0.25) is 10.0 Å². The highest BCUT2D eigenvalue weighted by Gasteiger charge is 2.35. The fraction of sp³-hybridized carbons (Fsp3) is 0.276. The van der Waals surface area contributed by atoms with Crippen LogP contribution < -0.4 is 4.72 Å². The summed E-state index contributed by atoms with van der Waals surface area (Å²) < 4.78 is 27.7. The van der Waals surface area contributed by atoms with Gasteiger partial charge in [0.25, 0.3) is 0 Å². The monoisotopic (exact) mass is 516 g/mol. The largest absolute Gasteiger partial charge is 0.494 e. The molecule has 4 aromatic rings. The predicted octanol–water partition coefficient (Wildman–Crippen LogP) is 5.79. The van der Waals surface area contributed by atoms with E-state index in [1.807, 2.05) is 42.5 Å². The minimum Gasteiger partial charge on any atom is -0.494 e. The molecule has 3 N–H and O–H groups in total. The summed E-state index contributed by atoms with van der Waals surface area (Å²) in [5, 5.41) is 11.3. The average Bonchev–Trinajstić information content (AvgIpc) is 3.72.